The Bertz CT molecular complexity index is 601. The molecule has 152 valence electrons. The van der Waals surface area contributed by atoms with Crippen molar-refractivity contribution in [1.29, 1.82) is 0 Å². The summed E-state index contributed by atoms with van der Waals surface area (Å²) in [6.07, 6.45) is 4.86. The van der Waals surface area contributed by atoms with Gasteiger partial charge in [0.2, 0.25) is 11.8 Å². The number of nitrogens with two attached hydrogens (primary N) is 1. The number of nitrogens with one attached hydrogen (secondary N) is 1. The molecule has 1 saturated heterocycles. The normalized spacial score (nSPS) is 19.4. The number of carbonyl (C=O) groups is 2. The van der Waals surface area contributed by atoms with Crippen molar-refractivity contribution in [2.75, 3.05) is 38.0 Å². The third-order valence-electron chi connectivity index (χ3n) is 5.26. The molecule has 2 fully saturated rings. The molecule has 3 rings (SSSR count). The van der Waals surface area contributed by atoms with Gasteiger partial charge in [-0.05, 0) is 25.0 Å². The van der Waals surface area contributed by atoms with Crippen molar-refractivity contribution < 1.29 is 9.59 Å². The SMILES string of the molecule is Cl.Cl.NC1(C(=O)N2CCN(CC(=O)Nc3ccccc3)CC2)CCCCC1. The number of hydrogen-bond acceptors (Lipinski definition) is 4. The van der Waals surface area contributed by atoms with Crippen LogP contribution in [-0.4, -0.2) is 59.9 Å². The minimum absolute atomic E-state index is 0. The number of anilines is 1. The third kappa shape index (κ3) is 6.35. The van der Waals surface area contributed by atoms with Gasteiger partial charge in [-0.25, -0.2) is 0 Å². The van der Waals surface area contributed by atoms with Crippen molar-refractivity contribution in [2.45, 2.75) is 37.6 Å². The Morgan fingerprint density at radius 1 is 0.963 bits per heavy atom. The van der Waals surface area contributed by atoms with E-state index in [1.165, 1.54) is 6.42 Å². The van der Waals surface area contributed by atoms with Gasteiger partial charge in [0.15, 0.2) is 0 Å². The number of amides is 2. The number of hydrogen-bond donors (Lipinski definition) is 2. The maximum Gasteiger partial charge on any atom is 0.242 e. The Balaban J connectivity index is 0.00000182. The van der Waals surface area contributed by atoms with Crippen LogP contribution in [0.2, 0.25) is 0 Å². The molecule has 0 unspecified atom stereocenters. The summed E-state index contributed by atoms with van der Waals surface area (Å²) < 4.78 is 0. The number of nitrogens with zero attached hydrogens (tertiary/aromatic N) is 2. The Hall–Kier alpha value is -1.34. The van der Waals surface area contributed by atoms with Gasteiger partial charge >= 0.3 is 0 Å². The zero-order valence-electron chi connectivity index (χ0n) is 15.6. The molecule has 0 spiro atoms. The molecule has 2 aliphatic rings. The van der Waals surface area contributed by atoms with E-state index < -0.39 is 5.54 Å². The predicted molar refractivity (Wildman–Crippen MR) is 113 cm³/mol. The van der Waals surface area contributed by atoms with Crippen LogP contribution in [-0.2, 0) is 9.59 Å². The molecular weight excluding hydrogens is 387 g/mol. The van der Waals surface area contributed by atoms with Gasteiger partial charge in [-0.1, -0.05) is 37.5 Å². The van der Waals surface area contributed by atoms with E-state index in [-0.39, 0.29) is 36.6 Å². The number of halogens is 2. The largest absolute Gasteiger partial charge is 0.339 e. The molecular formula is C19H30Cl2N4O2. The number of para-hydroxylation sites is 1. The lowest BCUT2D eigenvalue weighted by Gasteiger charge is -2.40. The summed E-state index contributed by atoms with van der Waals surface area (Å²) in [6, 6.07) is 9.46. The number of carbonyl (C=O) groups excluding carboxylic acids is 2. The molecule has 1 saturated carbocycles. The predicted octanol–water partition coefficient (Wildman–Crippen LogP) is 2.27. The summed E-state index contributed by atoms with van der Waals surface area (Å²) in [7, 11) is 0. The molecule has 2 amide bonds. The standard InChI is InChI=1S/C19H28N4O2.2ClH/c20-19(9-5-2-6-10-19)18(25)23-13-11-22(12-14-23)15-17(24)21-16-7-3-1-4-8-16;;/h1,3-4,7-8H,2,5-6,9-15,20H2,(H,21,24);2*1H. The van der Waals surface area contributed by atoms with Gasteiger partial charge in [-0.2, -0.15) is 0 Å². The fraction of sp³-hybridized carbons (Fsp3) is 0.579. The van der Waals surface area contributed by atoms with E-state index in [1.54, 1.807) is 0 Å². The van der Waals surface area contributed by atoms with Gasteiger partial charge in [-0.15, -0.1) is 24.8 Å². The molecule has 8 heteroatoms. The highest BCUT2D eigenvalue weighted by Gasteiger charge is 2.39. The van der Waals surface area contributed by atoms with Crippen molar-refractivity contribution >= 4 is 42.3 Å². The van der Waals surface area contributed by atoms with Crippen LogP contribution in [0.15, 0.2) is 30.3 Å². The monoisotopic (exact) mass is 416 g/mol. The van der Waals surface area contributed by atoms with Crippen LogP contribution in [0.25, 0.3) is 0 Å². The van der Waals surface area contributed by atoms with Crippen LogP contribution in [0, 0.1) is 0 Å². The molecule has 0 bridgehead atoms. The van der Waals surface area contributed by atoms with Crippen molar-refractivity contribution in [2.24, 2.45) is 5.73 Å². The molecule has 1 heterocycles. The zero-order valence-corrected chi connectivity index (χ0v) is 17.2. The Labute approximate surface area is 173 Å². The lowest BCUT2D eigenvalue weighted by molar-refractivity contribution is -0.140. The van der Waals surface area contributed by atoms with E-state index in [4.69, 9.17) is 5.73 Å². The average Bonchev–Trinajstić information content (AvgIpc) is 2.63. The van der Waals surface area contributed by atoms with Gasteiger partial charge in [0.05, 0.1) is 12.1 Å². The Morgan fingerprint density at radius 2 is 1.56 bits per heavy atom. The summed E-state index contributed by atoms with van der Waals surface area (Å²) in [5, 5.41) is 2.90. The highest BCUT2D eigenvalue weighted by Crippen LogP contribution is 2.28. The van der Waals surface area contributed by atoms with E-state index in [0.717, 1.165) is 31.4 Å². The van der Waals surface area contributed by atoms with Crippen LogP contribution in [0.5, 0.6) is 0 Å². The van der Waals surface area contributed by atoms with Gasteiger partial charge in [0.25, 0.3) is 0 Å². The highest BCUT2D eigenvalue weighted by molar-refractivity contribution is 5.92. The molecule has 1 aromatic rings. The number of rotatable bonds is 4. The van der Waals surface area contributed by atoms with Crippen LogP contribution in [0.3, 0.4) is 0 Å². The van der Waals surface area contributed by atoms with Crippen molar-refractivity contribution in [1.82, 2.24) is 9.80 Å². The average molecular weight is 417 g/mol. The molecule has 3 N–H and O–H groups in total. The number of benzene rings is 1. The van der Waals surface area contributed by atoms with Gasteiger partial charge < -0.3 is 16.0 Å². The van der Waals surface area contributed by atoms with Gasteiger partial charge in [0.1, 0.15) is 0 Å². The lowest BCUT2D eigenvalue weighted by Crippen LogP contribution is -2.60. The second-order valence-electron chi connectivity index (χ2n) is 7.20. The van der Waals surface area contributed by atoms with Crippen molar-refractivity contribution in [3.63, 3.8) is 0 Å². The molecule has 0 radical (unpaired) electrons. The minimum Gasteiger partial charge on any atom is -0.339 e. The fourth-order valence-electron chi connectivity index (χ4n) is 3.75. The molecule has 6 nitrogen and oxygen atoms in total. The Morgan fingerprint density at radius 3 is 2.15 bits per heavy atom. The van der Waals surface area contributed by atoms with E-state index in [2.05, 4.69) is 10.2 Å². The van der Waals surface area contributed by atoms with Crippen LogP contribution in [0.4, 0.5) is 5.69 Å². The second-order valence-corrected chi connectivity index (χ2v) is 7.20. The second kappa shape index (κ2) is 10.9. The van der Waals surface area contributed by atoms with Crippen LogP contribution < -0.4 is 11.1 Å². The molecule has 0 aromatic heterocycles. The van der Waals surface area contributed by atoms with Crippen LogP contribution >= 0.6 is 24.8 Å². The molecule has 0 atom stereocenters. The van der Waals surface area contributed by atoms with Crippen molar-refractivity contribution in [3.8, 4) is 0 Å². The highest BCUT2D eigenvalue weighted by atomic mass is 35.5. The van der Waals surface area contributed by atoms with Gasteiger partial charge in [0, 0.05) is 31.9 Å². The first-order valence-electron chi connectivity index (χ1n) is 9.22. The Kier molecular flexibility index (Phi) is 9.53. The first kappa shape index (κ1) is 23.7. The maximum absolute atomic E-state index is 12.7. The summed E-state index contributed by atoms with van der Waals surface area (Å²) in [5.41, 5.74) is 6.51. The lowest BCUT2D eigenvalue weighted by atomic mass is 9.81. The van der Waals surface area contributed by atoms with Crippen LogP contribution in [0.1, 0.15) is 32.1 Å². The minimum atomic E-state index is -0.662. The van der Waals surface area contributed by atoms with Crippen molar-refractivity contribution in [3.05, 3.63) is 30.3 Å². The topological polar surface area (TPSA) is 78.7 Å². The molecule has 1 aliphatic carbocycles. The maximum atomic E-state index is 12.7. The van der Waals surface area contributed by atoms with E-state index >= 15 is 0 Å². The first-order chi connectivity index (χ1) is 12.1. The van der Waals surface area contributed by atoms with E-state index in [0.29, 0.717) is 32.7 Å². The summed E-state index contributed by atoms with van der Waals surface area (Å²) in [4.78, 5) is 28.9. The smallest absolute Gasteiger partial charge is 0.242 e. The summed E-state index contributed by atoms with van der Waals surface area (Å²) in [5.74, 6) is 0.0779. The summed E-state index contributed by atoms with van der Waals surface area (Å²) >= 11 is 0. The van der Waals surface area contributed by atoms with E-state index in [9.17, 15) is 9.59 Å². The van der Waals surface area contributed by atoms with Gasteiger partial charge in [-0.3, -0.25) is 14.5 Å². The number of piperazine rings is 1. The molecule has 1 aromatic carbocycles. The fourth-order valence-corrected chi connectivity index (χ4v) is 3.75. The summed E-state index contributed by atoms with van der Waals surface area (Å²) in [6.45, 7) is 3.07. The third-order valence-corrected chi connectivity index (χ3v) is 5.26. The van der Waals surface area contributed by atoms with E-state index in [1.807, 2.05) is 35.2 Å². The first-order valence-corrected chi connectivity index (χ1v) is 9.22. The molecule has 1 aliphatic heterocycles. The zero-order chi connectivity index (χ0) is 17.7. The quantitative estimate of drug-likeness (QED) is 0.788. The molecule has 27 heavy (non-hydrogen) atoms.